The molecule has 7 heteroatoms. The van der Waals surface area contributed by atoms with E-state index in [9.17, 15) is 9.18 Å². The number of carbonyl (C=O) groups excluding carboxylic acids is 1. The lowest BCUT2D eigenvalue weighted by Crippen LogP contribution is -2.33. The molecular weight excluding hydrogens is 327 g/mol. The molecule has 0 aliphatic carbocycles. The van der Waals surface area contributed by atoms with Crippen molar-refractivity contribution in [1.29, 1.82) is 0 Å². The van der Waals surface area contributed by atoms with Crippen LogP contribution >= 0.6 is 11.3 Å². The van der Waals surface area contributed by atoms with Crippen LogP contribution < -0.4 is 5.32 Å². The van der Waals surface area contributed by atoms with Gasteiger partial charge in [0, 0.05) is 13.1 Å². The molecule has 1 saturated heterocycles. The van der Waals surface area contributed by atoms with E-state index >= 15 is 0 Å². The summed E-state index contributed by atoms with van der Waals surface area (Å²) in [6.07, 6.45) is 2.49. The fraction of sp³-hybridized carbons (Fsp3) is 0.471. The Kier molecular flexibility index (Phi) is 5.52. The average Bonchev–Trinajstić information content (AvgIpc) is 3.03. The van der Waals surface area contributed by atoms with Crippen molar-refractivity contribution in [2.75, 3.05) is 13.1 Å². The Bertz CT molecular complexity index is 688. The van der Waals surface area contributed by atoms with Crippen LogP contribution in [0, 0.1) is 11.7 Å². The Morgan fingerprint density at radius 1 is 1.38 bits per heavy atom. The van der Waals surface area contributed by atoms with Crippen LogP contribution in [0.15, 0.2) is 24.3 Å². The monoisotopic (exact) mass is 348 g/mol. The third kappa shape index (κ3) is 4.58. The second-order valence-electron chi connectivity index (χ2n) is 6.29. The second kappa shape index (κ2) is 7.81. The maximum atomic E-state index is 12.9. The molecule has 0 spiro atoms. The Hall–Kier alpha value is -1.86. The van der Waals surface area contributed by atoms with Crippen molar-refractivity contribution < 1.29 is 9.18 Å². The summed E-state index contributed by atoms with van der Waals surface area (Å²) >= 11 is 1.34. The zero-order valence-corrected chi connectivity index (χ0v) is 14.5. The average molecular weight is 348 g/mol. The highest BCUT2D eigenvalue weighted by Crippen LogP contribution is 2.19. The lowest BCUT2D eigenvalue weighted by Gasteiger charge is -2.29. The van der Waals surface area contributed by atoms with Crippen LogP contribution in [0.1, 0.15) is 40.1 Å². The minimum absolute atomic E-state index is 0.241. The van der Waals surface area contributed by atoms with Crippen molar-refractivity contribution in [2.45, 2.75) is 32.9 Å². The van der Waals surface area contributed by atoms with Crippen LogP contribution in [0.25, 0.3) is 0 Å². The minimum atomic E-state index is -0.286. The van der Waals surface area contributed by atoms with E-state index in [0.29, 0.717) is 17.5 Å². The molecule has 5 nitrogen and oxygen atoms in total. The number of nitrogens with one attached hydrogen (secondary N) is 1. The van der Waals surface area contributed by atoms with E-state index in [0.717, 1.165) is 30.2 Å². The highest BCUT2D eigenvalue weighted by molar-refractivity contribution is 7.13. The maximum Gasteiger partial charge on any atom is 0.282 e. The Morgan fingerprint density at radius 3 is 2.92 bits per heavy atom. The Balaban J connectivity index is 1.52. The van der Waals surface area contributed by atoms with E-state index in [2.05, 4.69) is 27.3 Å². The van der Waals surface area contributed by atoms with Crippen LogP contribution in [-0.2, 0) is 13.1 Å². The Morgan fingerprint density at radius 2 is 2.17 bits per heavy atom. The van der Waals surface area contributed by atoms with Gasteiger partial charge in [-0.1, -0.05) is 30.4 Å². The van der Waals surface area contributed by atoms with E-state index in [1.165, 1.54) is 36.3 Å². The fourth-order valence-corrected chi connectivity index (χ4v) is 3.69. The van der Waals surface area contributed by atoms with Gasteiger partial charge in [0.1, 0.15) is 10.8 Å². The van der Waals surface area contributed by atoms with E-state index in [4.69, 9.17) is 0 Å². The summed E-state index contributed by atoms with van der Waals surface area (Å²) in [6, 6.07) is 6.06. The number of aromatic nitrogens is 2. The predicted octanol–water partition coefficient (Wildman–Crippen LogP) is 2.84. The van der Waals surface area contributed by atoms with Gasteiger partial charge in [-0.15, -0.1) is 10.2 Å². The first-order valence-electron chi connectivity index (χ1n) is 8.17. The molecule has 2 aromatic rings. The first-order chi connectivity index (χ1) is 11.6. The van der Waals surface area contributed by atoms with E-state index in [1.807, 2.05) is 0 Å². The second-order valence-corrected chi connectivity index (χ2v) is 7.35. The summed E-state index contributed by atoms with van der Waals surface area (Å²) in [6.45, 7) is 5.52. The molecule has 1 aromatic heterocycles. The molecule has 0 radical (unpaired) electrons. The summed E-state index contributed by atoms with van der Waals surface area (Å²) in [4.78, 5) is 14.5. The number of amides is 1. The number of hydrogen-bond donors (Lipinski definition) is 1. The van der Waals surface area contributed by atoms with Crippen molar-refractivity contribution in [3.8, 4) is 0 Å². The molecule has 1 atom stereocenters. The molecule has 24 heavy (non-hydrogen) atoms. The fourth-order valence-electron chi connectivity index (χ4n) is 2.89. The van der Waals surface area contributed by atoms with Gasteiger partial charge in [-0.25, -0.2) is 4.39 Å². The molecule has 1 fully saturated rings. The smallest absolute Gasteiger partial charge is 0.282 e. The molecular formula is C17H21FN4OS. The summed E-state index contributed by atoms with van der Waals surface area (Å²) in [5.41, 5.74) is 0.844. The number of rotatable bonds is 5. The van der Waals surface area contributed by atoms with Gasteiger partial charge >= 0.3 is 0 Å². The summed E-state index contributed by atoms with van der Waals surface area (Å²) < 4.78 is 12.9. The SMILES string of the molecule is C[C@@H]1CCCN(Cc2nnc(C(=O)NCc3ccc(F)cc3)s2)C1. The van der Waals surface area contributed by atoms with Crippen LogP contribution in [0.2, 0.25) is 0 Å². The van der Waals surface area contributed by atoms with Crippen LogP contribution in [0.4, 0.5) is 4.39 Å². The summed E-state index contributed by atoms with van der Waals surface area (Å²) in [7, 11) is 0. The predicted molar refractivity (Wildman–Crippen MR) is 91.2 cm³/mol. The third-order valence-electron chi connectivity index (χ3n) is 4.13. The molecule has 1 aliphatic rings. The molecule has 1 amide bonds. The topological polar surface area (TPSA) is 58.1 Å². The number of hydrogen-bond acceptors (Lipinski definition) is 5. The van der Waals surface area contributed by atoms with E-state index < -0.39 is 0 Å². The number of carbonyl (C=O) groups is 1. The molecule has 0 bridgehead atoms. The zero-order valence-electron chi connectivity index (χ0n) is 13.7. The van der Waals surface area contributed by atoms with E-state index in [1.54, 1.807) is 12.1 Å². The Labute approximate surface area is 144 Å². The molecule has 128 valence electrons. The summed E-state index contributed by atoms with van der Waals surface area (Å²) in [5.74, 6) is 0.186. The van der Waals surface area contributed by atoms with Gasteiger partial charge in [-0.05, 0) is 43.0 Å². The normalized spacial score (nSPS) is 18.5. The first kappa shape index (κ1) is 17.0. The van der Waals surface area contributed by atoms with Gasteiger partial charge in [0.2, 0.25) is 5.01 Å². The number of nitrogens with zero attached hydrogens (tertiary/aromatic N) is 3. The molecule has 0 saturated carbocycles. The van der Waals surface area contributed by atoms with Gasteiger partial charge in [-0.2, -0.15) is 0 Å². The number of piperidine rings is 1. The molecule has 1 aromatic carbocycles. The van der Waals surface area contributed by atoms with E-state index in [-0.39, 0.29) is 11.7 Å². The van der Waals surface area contributed by atoms with Crippen molar-refractivity contribution in [3.63, 3.8) is 0 Å². The van der Waals surface area contributed by atoms with Crippen LogP contribution in [0.3, 0.4) is 0 Å². The van der Waals surface area contributed by atoms with Crippen molar-refractivity contribution in [3.05, 3.63) is 45.7 Å². The lowest BCUT2D eigenvalue weighted by molar-refractivity contribution is 0.0950. The zero-order chi connectivity index (χ0) is 16.9. The number of halogens is 1. The first-order valence-corrected chi connectivity index (χ1v) is 8.99. The molecule has 1 aliphatic heterocycles. The van der Waals surface area contributed by atoms with Gasteiger partial charge in [0.15, 0.2) is 0 Å². The molecule has 1 N–H and O–H groups in total. The highest BCUT2D eigenvalue weighted by Gasteiger charge is 2.19. The summed E-state index contributed by atoms with van der Waals surface area (Å²) in [5, 5.41) is 12.2. The maximum absolute atomic E-state index is 12.9. The minimum Gasteiger partial charge on any atom is -0.346 e. The van der Waals surface area contributed by atoms with Crippen LogP contribution in [-0.4, -0.2) is 34.1 Å². The molecule has 2 heterocycles. The van der Waals surface area contributed by atoms with Crippen molar-refractivity contribution in [1.82, 2.24) is 20.4 Å². The van der Waals surface area contributed by atoms with Gasteiger partial charge < -0.3 is 5.32 Å². The quantitative estimate of drug-likeness (QED) is 0.903. The molecule has 0 unspecified atom stereocenters. The largest absolute Gasteiger partial charge is 0.346 e. The van der Waals surface area contributed by atoms with Gasteiger partial charge in [0.25, 0.3) is 5.91 Å². The third-order valence-corrected chi connectivity index (χ3v) is 5.03. The van der Waals surface area contributed by atoms with Crippen molar-refractivity contribution in [2.24, 2.45) is 5.92 Å². The van der Waals surface area contributed by atoms with Crippen LogP contribution in [0.5, 0.6) is 0 Å². The highest BCUT2D eigenvalue weighted by atomic mass is 32.1. The number of benzene rings is 1. The molecule has 3 rings (SSSR count). The van der Waals surface area contributed by atoms with Crippen molar-refractivity contribution >= 4 is 17.2 Å². The van der Waals surface area contributed by atoms with Gasteiger partial charge in [-0.3, -0.25) is 9.69 Å². The standard InChI is InChI=1S/C17H21FN4OS/c1-12-3-2-8-22(10-12)11-15-20-21-17(24-15)16(23)19-9-13-4-6-14(18)7-5-13/h4-7,12H,2-3,8-11H2,1H3,(H,19,23)/t12-/m1/s1. The van der Waals surface area contributed by atoms with Gasteiger partial charge in [0.05, 0.1) is 6.54 Å². The number of likely N-dealkylation sites (tertiary alicyclic amines) is 1. The lowest BCUT2D eigenvalue weighted by atomic mass is 10.0.